The van der Waals surface area contributed by atoms with Crippen LogP contribution in [0.25, 0.3) is 0 Å². The van der Waals surface area contributed by atoms with Crippen LogP contribution in [0.2, 0.25) is 0 Å². The highest BCUT2D eigenvalue weighted by Crippen LogP contribution is 2.51. The minimum Gasteiger partial charge on any atom is -0.481 e. The molecule has 2 aliphatic rings. The molecule has 1 aromatic carbocycles. The third-order valence-corrected chi connectivity index (χ3v) is 5.06. The Morgan fingerprint density at radius 3 is 2.35 bits per heavy atom. The van der Waals surface area contributed by atoms with E-state index in [0.717, 1.165) is 12.8 Å². The molecule has 1 aliphatic heterocycles. The minimum absolute atomic E-state index is 0.0584. The maximum Gasteiger partial charge on any atom is 0.304 e. The van der Waals surface area contributed by atoms with Gasteiger partial charge in [-0.25, -0.2) is 0 Å². The van der Waals surface area contributed by atoms with E-state index in [1.165, 1.54) is 37.1 Å². The summed E-state index contributed by atoms with van der Waals surface area (Å²) in [7, 11) is 2.18. The quantitative estimate of drug-likeness (QED) is 0.916. The van der Waals surface area contributed by atoms with Gasteiger partial charge < -0.3 is 10.0 Å². The lowest BCUT2D eigenvalue weighted by Gasteiger charge is -2.29. The fraction of sp³-hybridized carbons (Fsp3) is 0.588. The molecule has 3 rings (SSSR count). The van der Waals surface area contributed by atoms with Crippen LogP contribution in [0.5, 0.6) is 0 Å². The number of hydrogen-bond donors (Lipinski definition) is 1. The smallest absolute Gasteiger partial charge is 0.304 e. The molecule has 20 heavy (non-hydrogen) atoms. The number of benzene rings is 1. The van der Waals surface area contributed by atoms with Gasteiger partial charge in [-0.15, -0.1) is 0 Å². The lowest BCUT2D eigenvalue weighted by Crippen LogP contribution is -2.29. The lowest BCUT2D eigenvalue weighted by molar-refractivity contribution is -0.137. The summed E-state index contributed by atoms with van der Waals surface area (Å²) in [6.07, 6.45) is 4.78. The van der Waals surface area contributed by atoms with Crippen molar-refractivity contribution in [1.82, 2.24) is 4.90 Å². The van der Waals surface area contributed by atoms with Gasteiger partial charge in [-0.2, -0.15) is 0 Å². The van der Waals surface area contributed by atoms with Crippen molar-refractivity contribution in [1.29, 1.82) is 0 Å². The van der Waals surface area contributed by atoms with Crippen molar-refractivity contribution in [3.63, 3.8) is 0 Å². The van der Waals surface area contributed by atoms with Crippen molar-refractivity contribution in [3.05, 3.63) is 35.4 Å². The topological polar surface area (TPSA) is 40.5 Å². The summed E-state index contributed by atoms with van der Waals surface area (Å²) in [6.45, 7) is 2.35. The molecule has 0 unspecified atom stereocenters. The summed E-state index contributed by atoms with van der Waals surface area (Å²) in [6, 6.07) is 8.80. The Morgan fingerprint density at radius 1 is 1.25 bits per heavy atom. The normalized spacial score (nSPS) is 22.6. The Morgan fingerprint density at radius 2 is 1.85 bits per heavy atom. The Bertz CT molecular complexity index is 482. The van der Waals surface area contributed by atoms with Gasteiger partial charge in [-0.3, -0.25) is 4.79 Å². The number of piperidine rings is 1. The Kier molecular flexibility index (Phi) is 3.55. The van der Waals surface area contributed by atoms with Crippen LogP contribution in [-0.4, -0.2) is 36.1 Å². The van der Waals surface area contributed by atoms with Gasteiger partial charge in [0.25, 0.3) is 0 Å². The van der Waals surface area contributed by atoms with Crippen molar-refractivity contribution < 1.29 is 9.90 Å². The second-order valence-corrected chi connectivity index (χ2v) is 6.55. The zero-order valence-electron chi connectivity index (χ0n) is 12.1. The van der Waals surface area contributed by atoms with E-state index in [1.54, 1.807) is 0 Å². The highest BCUT2D eigenvalue weighted by atomic mass is 16.4. The SMILES string of the molecule is CN1CCC(c2ccc(C3(CC(=O)O)CC3)cc2)CC1. The monoisotopic (exact) mass is 273 g/mol. The molecule has 108 valence electrons. The van der Waals surface area contributed by atoms with E-state index in [-0.39, 0.29) is 11.8 Å². The van der Waals surface area contributed by atoms with Crippen molar-refractivity contribution in [2.75, 3.05) is 20.1 Å². The molecule has 3 nitrogen and oxygen atoms in total. The first-order valence-corrected chi connectivity index (χ1v) is 7.60. The number of carboxylic acid groups (broad SMARTS) is 1. The molecule has 3 heteroatoms. The van der Waals surface area contributed by atoms with Crippen LogP contribution in [-0.2, 0) is 10.2 Å². The predicted octanol–water partition coefficient (Wildman–Crippen LogP) is 3.00. The van der Waals surface area contributed by atoms with E-state index in [4.69, 9.17) is 5.11 Å². The van der Waals surface area contributed by atoms with Crippen molar-refractivity contribution in [2.45, 2.75) is 43.4 Å². The molecule has 1 heterocycles. The maximum absolute atomic E-state index is 11.0. The highest BCUT2D eigenvalue weighted by molar-refractivity contribution is 5.70. The Labute approximate surface area is 120 Å². The number of carbonyl (C=O) groups is 1. The van der Waals surface area contributed by atoms with Gasteiger partial charge in [-0.05, 0) is 62.9 Å². The van der Waals surface area contributed by atoms with E-state index >= 15 is 0 Å². The third-order valence-electron chi connectivity index (χ3n) is 5.06. The summed E-state index contributed by atoms with van der Waals surface area (Å²) in [5, 5.41) is 9.03. The maximum atomic E-state index is 11.0. The first-order valence-electron chi connectivity index (χ1n) is 7.60. The van der Waals surface area contributed by atoms with Gasteiger partial charge in [0.15, 0.2) is 0 Å². The molecule has 0 bridgehead atoms. The molecular formula is C17H23NO2. The summed E-state index contributed by atoms with van der Waals surface area (Å²) in [5.74, 6) is -0.00299. The lowest BCUT2D eigenvalue weighted by atomic mass is 9.86. The summed E-state index contributed by atoms with van der Waals surface area (Å²) in [5.41, 5.74) is 2.58. The van der Waals surface area contributed by atoms with Gasteiger partial charge in [0.1, 0.15) is 0 Å². The van der Waals surface area contributed by atoms with Crippen molar-refractivity contribution in [3.8, 4) is 0 Å². The Hall–Kier alpha value is -1.35. The molecule has 0 atom stereocenters. The second kappa shape index (κ2) is 5.21. The van der Waals surface area contributed by atoms with Crippen LogP contribution in [0.4, 0.5) is 0 Å². The van der Waals surface area contributed by atoms with E-state index in [0.29, 0.717) is 5.92 Å². The number of hydrogen-bond acceptors (Lipinski definition) is 2. The molecule has 1 aromatic rings. The van der Waals surface area contributed by atoms with Gasteiger partial charge in [0.05, 0.1) is 6.42 Å². The van der Waals surface area contributed by atoms with Crippen molar-refractivity contribution >= 4 is 5.97 Å². The predicted molar refractivity (Wildman–Crippen MR) is 79.1 cm³/mol. The fourth-order valence-electron chi connectivity index (χ4n) is 3.46. The average molecular weight is 273 g/mol. The van der Waals surface area contributed by atoms with Gasteiger partial charge in [-0.1, -0.05) is 24.3 Å². The first-order chi connectivity index (χ1) is 9.59. The molecule has 0 aromatic heterocycles. The molecule has 1 saturated carbocycles. The molecular weight excluding hydrogens is 250 g/mol. The third kappa shape index (κ3) is 2.73. The molecule has 1 N–H and O–H groups in total. The number of nitrogens with zero attached hydrogens (tertiary/aromatic N) is 1. The van der Waals surface area contributed by atoms with Crippen LogP contribution in [0.15, 0.2) is 24.3 Å². The molecule has 0 radical (unpaired) electrons. The second-order valence-electron chi connectivity index (χ2n) is 6.55. The number of carboxylic acids is 1. The van der Waals surface area contributed by atoms with Crippen LogP contribution < -0.4 is 0 Å². The minimum atomic E-state index is -0.679. The number of likely N-dealkylation sites (tertiary alicyclic amines) is 1. The van der Waals surface area contributed by atoms with Gasteiger partial charge in [0, 0.05) is 5.41 Å². The molecule has 1 saturated heterocycles. The van der Waals surface area contributed by atoms with E-state index in [9.17, 15) is 4.79 Å². The van der Waals surface area contributed by atoms with E-state index < -0.39 is 5.97 Å². The average Bonchev–Trinajstić information content (AvgIpc) is 3.20. The van der Waals surface area contributed by atoms with Gasteiger partial charge >= 0.3 is 5.97 Å². The van der Waals surface area contributed by atoms with Crippen LogP contribution in [0.1, 0.15) is 49.1 Å². The largest absolute Gasteiger partial charge is 0.481 e. The number of aliphatic carboxylic acids is 1. The zero-order chi connectivity index (χ0) is 14.2. The number of rotatable bonds is 4. The van der Waals surface area contributed by atoms with Crippen LogP contribution >= 0.6 is 0 Å². The summed E-state index contributed by atoms with van der Waals surface area (Å²) < 4.78 is 0. The van der Waals surface area contributed by atoms with E-state index in [1.807, 2.05) is 0 Å². The zero-order valence-corrected chi connectivity index (χ0v) is 12.1. The molecule has 0 amide bonds. The van der Waals surface area contributed by atoms with Crippen molar-refractivity contribution in [2.24, 2.45) is 0 Å². The Balaban J connectivity index is 1.70. The molecule has 1 aliphatic carbocycles. The van der Waals surface area contributed by atoms with Crippen LogP contribution in [0, 0.1) is 0 Å². The molecule has 2 fully saturated rings. The van der Waals surface area contributed by atoms with Crippen LogP contribution in [0.3, 0.4) is 0 Å². The van der Waals surface area contributed by atoms with Gasteiger partial charge in [0.2, 0.25) is 0 Å². The summed E-state index contributed by atoms with van der Waals surface area (Å²) >= 11 is 0. The first kappa shape index (κ1) is 13.6. The standard InChI is InChI=1S/C17H23NO2/c1-18-10-6-14(7-11-18)13-2-4-15(5-3-13)17(8-9-17)12-16(19)20/h2-5,14H,6-12H2,1H3,(H,19,20). The fourth-order valence-corrected chi connectivity index (χ4v) is 3.46. The highest BCUT2D eigenvalue weighted by Gasteiger charge is 2.45. The van der Waals surface area contributed by atoms with E-state index in [2.05, 4.69) is 36.2 Å². The summed E-state index contributed by atoms with van der Waals surface area (Å²) in [4.78, 5) is 13.4. The molecule has 0 spiro atoms.